The van der Waals surface area contributed by atoms with Gasteiger partial charge in [0.1, 0.15) is 0 Å². The number of methoxy groups -OCH3 is 3. The molecule has 4 heteroatoms. The van der Waals surface area contributed by atoms with Crippen LogP contribution < -0.4 is 0 Å². The Morgan fingerprint density at radius 3 is 1.95 bits per heavy atom. The van der Waals surface area contributed by atoms with Crippen molar-refractivity contribution in [2.45, 2.75) is 70.7 Å². The third kappa shape index (κ3) is 6.69. The maximum atomic E-state index is 8.80. The summed E-state index contributed by atoms with van der Waals surface area (Å²) in [5.74, 6) is -0.923. The van der Waals surface area contributed by atoms with Gasteiger partial charge in [0.05, 0.1) is 6.07 Å². The molecule has 0 saturated heterocycles. The Kier molecular flexibility index (Phi) is 11.8. The maximum absolute atomic E-state index is 8.80. The van der Waals surface area contributed by atoms with Crippen LogP contribution in [0.1, 0.15) is 64.7 Å². The summed E-state index contributed by atoms with van der Waals surface area (Å²) in [6, 6.07) is 2.19. The van der Waals surface area contributed by atoms with E-state index in [0.29, 0.717) is 6.42 Å². The van der Waals surface area contributed by atoms with Crippen molar-refractivity contribution in [1.29, 1.82) is 5.26 Å². The monoisotopic (exact) mass is 285 g/mol. The van der Waals surface area contributed by atoms with Gasteiger partial charge in [-0.2, -0.15) is 5.26 Å². The minimum Gasteiger partial charge on any atom is -0.331 e. The number of ether oxygens (including phenoxy) is 3. The van der Waals surface area contributed by atoms with Gasteiger partial charge < -0.3 is 14.2 Å². The van der Waals surface area contributed by atoms with Crippen molar-refractivity contribution in [2.24, 2.45) is 5.92 Å². The summed E-state index contributed by atoms with van der Waals surface area (Å²) in [4.78, 5) is 0. The van der Waals surface area contributed by atoms with Gasteiger partial charge in [0.25, 0.3) is 5.97 Å². The highest BCUT2D eigenvalue weighted by Crippen LogP contribution is 2.32. The molecular weight excluding hydrogens is 254 g/mol. The van der Waals surface area contributed by atoms with Crippen LogP contribution >= 0.6 is 0 Å². The van der Waals surface area contributed by atoms with Crippen molar-refractivity contribution in [3.05, 3.63) is 0 Å². The first-order valence-electron chi connectivity index (χ1n) is 7.73. The molecule has 1 atom stereocenters. The van der Waals surface area contributed by atoms with Crippen LogP contribution in [0.3, 0.4) is 0 Å². The first-order valence-corrected chi connectivity index (χ1v) is 7.73. The number of unbranched alkanes of at least 4 members (excludes halogenated alkanes) is 5. The number of nitriles is 1. The highest BCUT2D eigenvalue weighted by atomic mass is 16.9. The second-order valence-electron chi connectivity index (χ2n) is 5.17. The Hall–Kier alpha value is -0.630. The smallest absolute Gasteiger partial charge is 0.285 e. The van der Waals surface area contributed by atoms with E-state index >= 15 is 0 Å². The zero-order chi connectivity index (χ0) is 15.3. The van der Waals surface area contributed by atoms with Gasteiger partial charge in [-0.3, -0.25) is 0 Å². The lowest BCUT2D eigenvalue weighted by atomic mass is 9.93. The van der Waals surface area contributed by atoms with E-state index in [1.54, 1.807) is 21.3 Å². The fourth-order valence-electron chi connectivity index (χ4n) is 2.66. The zero-order valence-corrected chi connectivity index (χ0v) is 13.6. The first kappa shape index (κ1) is 19.4. The molecule has 0 rings (SSSR count). The molecule has 0 amide bonds. The fraction of sp³-hybridized carbons (Fsp3) is 0.938. The molecular formula is C16H31NO3. The maximum Gasteiger partial charge on any atom is 0.285 e. The lowest BCUT2D eigenvalue weighted by Crippen LogP contribution is -2.44. The Bertz CT molecular complexity index is 251. The molecule has 118 valence electrons. The van der Waals surface area contributed by atoms with Gasteiger partial charge in [-0.1, -0.05) is 45.4 Å². The summed E-state index contributed by atoms with van der Waals surface area (Å²) < 4.78 is 16.3. The van der Waals surface area contributed by atoms with Crippen molar-refractivity contribution < 1.29 is 14.2 Å². The van der Waals surface area contributed by atoms with Gasteiger partial charge in [-0.25, -0.2) is 0 Å². The molecule has 0 heterocycles. The average molecular weight is 285 g/mol. The third-order valence-electron chi connectivity index (χ3n) is 3.86. The number of nitrogens with zero attached hydrogens (tertiary/aromatic N) is 1. The molecule has 0 spiro atoms. The van der Waals surface area contributed by atoms with E-state index in [0.717, 1.165) is 19.3 Å². The summed E-state index contributed by atoms with van der Waals surface area (Å²) in [5.41, 5.74) is 0. The van der Waals surface area contributed by atoms with Crippen molar-refractivity contribution in [1.82, 2.24) is 0 Å². The van der Waals surface area contributed by atoms with Gasteiger partial charge in [-0.15, -0.1) is 0 Å². The van der Waals surface area contributed by atoms with Gasteiger partial charge in [0.2, 0.25) is 0 Å². The van der Waals surface area contributed by atoms with Gasteiger partial charge in [-0.05, 0) is 12.8 Å². The van der Waals surface area contributed by atoms with Gasteiger partial charge >= 0.3 is 0 Å². The molecule has 0 aromatic heterocycles. The largest absolute Gasteiger partial charge is 0.331 e. The van der Waals surface area contributed by atoms with Crippen molar-refractivity contribution in [3.63, 3.8) is 0 Å². The second kappa shape index (κ2) is 12.1. The highest BCUT2D eigenvalue weighted by Gasteiger charge is 2.39. The summed E-state index contributed by atoms with van der Waals surface area (Å²) in [6.45, 7) is 2.22. The van der Waals surface area contributed by atoms with Crippen LogP contribution in [0.4, 0.5) is 0 Å². The third-order valence-corrected chi connectivity index (χ3v) is 3.86. The zero-order valence-electron chi connectivity index (χ0n) is 13.6. The average Bonchev–Trinajstić information content (AvgIpc) is 2.49. The molecule has 20 heavy (non-hydrogen) atoms. The van der Waals surface area contributed by atoms with E-state index in [1.807, 2.05) is 0 Å². The minimum absolute atomic E-state index is 0.0910. The number of rotatable bonds is 13. The Balaban J connectivity index is 4.30. The quantitative estimate of drug-likeness (QED) is 0.375. The van der Waals surface area contributed by atoms with Crippen LogP contribution in [-0.2, 0) is 14.2 Å². The van der Waals surface area contributed by atoms with Gasteiger partial charge in [0.15, 0.2) is 0 Å². The minimum atomic E-state index is -1.01. The lowest BCUT2D eigenvalue weighted by molar-refractivity contribution is -0.380. The Morgan fingerprint density at radius 2 is 1.45 bits per heavy atom. The molecule has 0 saturated carbocycles. The highest BCUT2D eigenvalue weighted by molar-refractivity contribution is 4.77. The summed E-state index contributed by atoms with van der Waals surface area (Å²) in [5, 5.41) is 8.80. The lowest BCUT2D eigenvalue weighted by Gasteiger charge is -2.36. The molecule has 0 bridgehead atoms. The summed E-state index contributed by atoms with van der Waals surface area (Å²) >= 11 is 0. The van der Waals surface area contributed by atoms with Crippen molar-refractivity contribution in [2.75, 3.05) is 21.3 Å². The van der Waals surface area contributed by atoms with Crippen LogP contribution in [0.15, 0.2) is 0 Å². The molecule has 0 aliphatic carbocycles. The van der Waals surface area contributed by atoms with Gasteiger partial charge in [0, 0.05) is 33.7 Å². The number of hydrogen-bond donors (Lipinski definition) is 0. The van der Waals surface area contributed by atoms with E-state index in [1.165, 1.54) is 32.1 Å². The van der Waals surface area contributed by atoms with Crippen LogP contribution in [-0.4, -0.2) is 27.3 Å². The first-order chi connectivity index (χ1) is 9.70. The predicted octanol–water partition coefficient (Wildman–Crippen LogP) is 4.25. The second-order valence-corrected chi connectivity index (χ2v) is 5.17. The molecule has 0 aliphatic rings. The normalized spacial score (nSPS) is 13.2. The molecule has 4 nitrogen and oxygen atoms in total. The van der Waals surface area contributed by atoms with Crippen LogP contribution in [0.2, 0.25) is 0 Å². The van der Waals surface area contributed by atoms with Crippen molar-refractivity contribution in [3.8, 4) is 6.07 Å². The van der Waals surface area contributed by atoms with E-state index in [-0.39, 0.29) is 5.92 Å². The van der Waals surface area contributed by atoms with E-state index in [4.69, 9.17) is 19.5 Å². The van der Waals surface area contributed by atoms with E-state index < -0.39 is 5.97 Å². The molecule has 0 aromatic rings. The van der Waals surface area contributed by atoms with Crippen molar-refractivity contribution >= 4 is 0 Å². The topological polar surface area (TPSA) is 51.5 Å². The Labute approximate surface area is 124 Å². The fourth-order valence-corrected chi connectivity index (χ4v) is 2.66. The van der Waals surface area contributed by atoms with Crippen LogP contribution in [0.25, 0.3) is 0 Å². The van der Waals surface area contributed by atoms with E-state index in [2.05, 4.69) is 13.0 Å². The Morgan fingerprint density at radius 1 is 0.900 bits per heavy atom. The molecule has 0 N–H and O–H groups in total. The van der Waals surface area contributed by atoms with Crippen LogP contribution in [0.5, 0.6) is 0 Å². The van der Waals surface area contributed by atoms with E-state index in [9.17, 15) is 0 Å². The van der Waals surface area contributed by atoms with Crippen LogP contribution in [0, 0.1) is 17.2 Å². The molecule has 0 radical (unpaired) electrons. The molecule has 1 unspecified atom stereocenters. The predicted molar refractivity (Wildman–Crippen MR) is 80.1 cm³/mol. The molecule has 0 aromatic carbocycles. The SMILES string of the molecule is CCCCCCCCC(CCC#N)C(OC)(OC)OC. The summed E-state index contributed by atoms with van der Waals surface area (Å²) in [7, 11) is 4.77. The molecule has 0 fully saturated rings. The summed E-state index contributed by atoms with van der Waals surface area (Å²) in [6.07, 6.45) is 9.71. The number of hydrogen-bond acceptors (Lipinski definition) is 4. The standard InChI is InChI=1S/C16H31NO3/c1-5-6-7-8-9-10-12-15(13-11-14-17)16(18-2,19-3)20-4/h15H,5-13H2,1-4H3. The molecule has 0 aliphatic heterocycles.